The van der Waals surface area contributed by atoms with Crippen LogP contribution in [0.5, 0.6) is 0 Å². The van der Waals surface area contributed by atoms with Crippen molar-refractivity contribution in [3.63, 3.8) is 0 Å². The molecule has 4 unspecified atom stereocenters. The summed E-state index contributed by atoms with van der Waals surface area (Å²) in [5, 5.41) is 2.44. The maximum Gasteiger partial charge on any atom is 0.469 e. The number of alkyl halides is 6. The highest BCUT2D eigenvalue weighted by Crippen LogP contribution is 2.45. The van der Waals surface area contributed by atoms with Crippen molar-refractivity contribution in [3.8, 4) is 0 Å². The summed E-state index contributed by atoms with van der Waals surface area (Å²) in [5.74, 6) is 0.595. The zero-order valence-corrected chi connectivity index (χ0v) is 16.5. The molecule has 2 bridgehead atoms. The first kappa shape index (κ1) is 24.0. The number of nitrogens with one attached hydrogen (secondary N) is 1. The Kier molecular flexibility index (Phi) is 6.44. The van der Waals surface area contributed by atoms with Crippen LogP contribution in [0.1, 0.15) is 39.0 Å². The summed E-state index contributed by atoms with van der Waals surface area (Å²) in [6, 6.07) is -0.269. The maximum absolute atomic E-state index is 12.7. The number of hydrogen-bond donors (Lipinski definition) is 1. The van der Waals surface area contributed by atoms with E-state index in [1.54, 1.807) is 0 Å². The fourth-order valence-electron chi connectivity index (χ4n) is 3.69. The molecule has 2 saturated carbocycles. The summed E-state index contributed by atoms with van der Waals surface area (Å²) >= 11 is 0. The highest BCUT2D eigenvalue weighted by Gasteiger charge is 2.54. The number of ether oxygens (including phenoxy) is 1. The topological polar surface area (TPSA) is 107 Å². The molecule has 1 amide bonds. The molecule has 2 rings (SSSR count). The predicted molar refractivity (Wildman–Crippen MR) is 86.1 cm³/mol. The lowest BCUT2D eigenvalue weighted by Gasteiger charge is -2.33. The molecule has 2 aliphatic carbocycles. The first-order valence-electron chi connectivity index (χ1n) is 8.42. The van der Waals surface area contributed by atoms with Crippen LogP contribution in [0.25, 0.3) is 0 Å². The van der Waals surface area contributed by atoms with E-state index in [1.165, 1.54) is 0 Å². The smallest absolute Gasteiger partial charge is 0.449 e. The molecule has 0 aromatic rings. The highest BCUT2D eigenvalue weighted by molar-refractivity contribution is 8.13. The standard InChI is InChI=1S/C14H18F6NO6S2/c1-7(27-12(22)21-10-6-8-2-3-9(10)5-8)4-11(28(23,24)13(15,16)17)29(25,26)14(18,19)20/h7-10H,2-6H2,1H3,(H,21,22)/q-1. The minimum atomic E-state index is -6.84. The third-order valence-electron chi connectivity index (χ3n) is 5.01. The van der Waals surface area contributed by atoms with Gasteiger partial charge in [-0.25, -0.2) is 4.79 Å². The van der Waals surface area contributed by atoms with E-state index in [0.717, 1.165) is 26.2 Å². The van der Waals surface area contributed by atoms with Crippen molar-refractivity contribution in [2.75, 3.05) is 0 Å². The second-order valence-electron chi connectivity index (χ2n) is 7.12. The molecule has 29 heavy (non-hydrogen) atoms. The van der Waals surface area contributed by atoms with Gasteiger partial charge in [0.25, 0.3) is 0 Å². The molecule has 2 aliphatic rings. The molecule has 7 nitrogen and oxygen atoms in total. The third kappa shape index (κ3) is 4.91. The Morgan fingerprint density at radius 1 is 1.03 bits per heavy atom. The lowest BCUT2D eigenvalue weighted by Crippen LogP contribution is -2.43. The fraction of sp³-hybridized carbons (Fsp3) is 0.857. The van der Waals surface area contributed by atoms with Gasteiger partial charge >= 0.3 is 17.1 Å². The van der Waals surface area contributed by atoms with Crippen molar-refractivity contribution >= 4 is 25.8 Å². The first-order valence-corrected chi connectivity index (χ1v) is 11.4. The molecule has 15 heteroatoms. The Morgan fingerprint density at radius 3 is 1.93 bits per heavy atom. The Labute approximate surface area is 163 Å². The van der Waals surface area contributed by atoms with E-state index in [-0.39, 0.29) is 12.0 Å². The molecule has 0 aromatic heterocycles. The Morgan fingerprint density at radius 2 is 1.55 bits per heavy atom. The van der Waals surface area contributed by atoms with Crippen molar-refractivity contribution in [1.29, 1.82) is 0 Å². The van der Waals surface area contributed by atoms with Crippen LogP contribution in [0, 0.1) is 16.4 Å². The average Bonchev–Trinajstić information content (AvgIpc) is 3.12. The minimum absolute atomic E-state index is 0.182. The van der Waals surface area contributed by atoms with Crippen LogP contribution >= 0.6 is 0 Å². The van der Waals surface area contributed by atoms with E-state index in [4.69, 9.17) is 0 Å². The minimum Gasteiger partial charge on any atom is -0.449 e. The lowest BCUT2D eigenvalue weighted by atomic mass is 9.96. The summed E-state index contributed by atoms with van der Waals surface area (Å²) in [6.07, 6.45) is -1.49. The largest absolute Gasteiger partial charge is 0.469 e. The van der Waals surface area contributed by atoms with Gasteiger partial charge in [0.2, 0.25) is 0 Å². The number of carbonyl (C=O) groups is 1. The molecular weight excluding hydrogens is 456 g/mol. The van der Waals surface area contributed by atoms with E-state index in [1.807, 2.05) is 0 Å². The summed E-state index contributed by atoms with van der Waals surface area (Å²) in [4.78, 5) is 11.9. The molecule has 0 spiro atoms. The summed E-state index contributed by atoms with van der Waals surface area (Å²) in [5.41, 5.74) is -12.6. The van der Waals surface area contributed by atoms with Crippen LogP contribution in [-0.4, -0.2) is 46.1 Å². The summed E-state index contributed by atoms with van der Waals surface area (Å²) < 4.78 is 124. The van der Waals surface area contributed by atoms with Gasteiger partial charge in [0.1, 0.15) is 19.7 Å². The molecule has 170 valence electrons. The molecule has 0 heterocycles. The molecule has 0 saturated heterocycles. The van der Waals surface area contributed by atoms with Crippen LogP contribution in [0.2, 0.25) is 0 Å². The van der Waals surface area contributed by atoms with Crippen LogP contribution < -0.4 is 5.32 Å². The highest BCUT2D eigenvalue weighted by atomic mass is 32.3. The van der Waals surface area contributed by atoms with Crippen molar-refractivity contribution in [2.24, 2.45) is 11.8 Å². The van der Waals surface area contributed by atoms with E-state index in [9.17, 15) is 48.0 Å². The molecule has 0 aromatic carbocycles. The zero-order chi connectivity index (χ0) is 22.4. The molecule has 0 radical (unpaired) electrons. The third-order valence-corrected chi connectivity index (χ3v) is 9.08. The van der Waals surface area contributed by atoms with Gasteiger partial charge in [-0.15, -0.1) is 6.42 Å². The first-order chi connectivity index (χ1) is 13.0. The number of halogens is 6. The van der Waals surface area contributed by atoms with Crippen LogP contribution in [0.4, 0.5) is 31.1 Å². The Balaban J connectivity index is 2.13. The van der Waals surface area contributed by atoms with Crippen molar-refractivity contribution in [3.05, 3.63) is 4.58 Å². The van der Waals surface area contributed by atoms with Crippen LogP contribution in [0.15, 0.2) is 0 Å². The lowest BCUT2D eigenvalue weighted by molar-refractivity contribution is -0.0458. The number of alkyl carbamates (subject to hydrolysis) is 1. The molecular formula is C14H18F6NO6S2-. The van der Waals surface area contributed by atoms with Crippen molar-refractivity contribution < 1.29 is 52.7 Å². The maximum atomic E-state index is 12.7. The molecule has 2 fully saturated rings. The van der Waals surface area contributed by atoms with Gasteiger partial charge in [0.15, 0.2) is 0 Å². The van der Waals surface area contributed by atoms with Crippen molar-refractivity contribution in [2.45, 2.75) is 62.2 Å². The average molecular weight is 474 g/mol. The van der Waals surface area contributed by atoms with E-state index in [0.29, 0.717) is 12.3 Å². The van der Waals surface area contributed by atoms with Gasteiger partial charge in [-0.1, -0.05) is 11.0 Å². The molecule has 0 aliphatic heterocycles. The second kappa shape index (κ2) is 7.78. The van der Waals surface area contributed by atoms with E-state index < -0.39 is 53.9 Å². The number of amides is 1. The normalized spacial score (nSPS) is 26.6. The van der Waals surface area contributed by atoms with Gasteiger partial charge < -0.3 is 10.1 Å². The Bertz CT molecular complexity index is 794. The van der Waals surface area contributed by atoms with Gasteiger partial charge in [-0.3, -0.25) is 16.8 Å². The van der Waals surface area contributed by atoms with E-state index >= 15 is 0 Å². The number of fused-ring (bicyclic) bond motifs is 2. The SMILES string of the molecule is CC(C[C-](S(=O)(=O)C(F)(F)F)S(=O)(=O)C(F)(F)F)OC(=O)NC1CC2CCC1C2. The number of sulfone groups is 2. The monoisotopic (exact) mass is 474 g/mol. The van der Waals surface area contributed by atoms with Gasteiger partial charge in [0.05, 0.1) is 6.10 Å². The zero-order valence-electron chi connectivity index (χ0n) is 14.9. The summed E-state index contributed by atoms with van der Waals surface area (Å²) in [7, 11) is -13.7. The van der Waals surface area contributed by atoms with Crippen molar-refractivity contribution in [1.82, 2.24) is 5.32 Å². The molecule has 1 N–H and O–H groups in total. The fourth-order valence-corrected chi connectivity index (χ4v) is 6.83. The van der Waals surface area contributed by atoms with Crippen LogP contribution in [-0.2, 0) is 24.4 Å². The van der Waals surface area contributed by atoms with Gasteiger partial charge in [-0.2, -0.15) is 26.3 Å². The number of rotatable bonds is 6. The number of carbonyl (C=O) groups excluding carboxylic acids is 1. The summed E-state index contributed by atoms with van der Waals surface area (Å²) in [6.45, 7) is 0.790. The predicted octanol–water partition coefficient (Wildman–Crippen LogP) is 3.04. The molecule has 4 atom stereocenters. The van der Waals surface area contributed by atoms with Crippen LogP contribution in [0.3, 0.4) is 0 Å². The van der Waals surface area contributed by atoms with Gasteiger partial charge in [-0.05, 0) is 38.0 Å². The van der Waals surface area contributed by atoms with Gasteiger partial charge in [0, 0.05) is 6.04 Å². The quantitative estimate of drug-likeness (QED) is 0.469. The Hall–Kier alpha value is -1.25. The number of hydrogen-bond acceptors (Lipinski definition) is 6. The second-order valence-corrected chi connectivity index (χ2v) is 11.3. The van der Waals surface area contributed by atoms with E-state index in [2.05, 4.69) is 10.1 Å².